The molecule has 0 spiro atoms. The Bertz CT molecular complexity index is 560. The van der Waals surface area contributed by atoms with E-state index in [1.165, 1.54) is 6.33 Å². The van der Waals surface area contributed by atoms with Gasteiger partial charge < -0.3 is 5.32 Å². The van der Waals surface area contributed by atoms with E-state index in [4.69, 9.17) is 23.2 Å². The lowest BCUT2D eigenvalue weighted by Gasteiger charge is -2.09. The molecule has 0 radical (unpaired) electrons. The second kappa shape index (κ2) is 6.68. The van der Waals surface area contributed by atoms with E-state index in [-0.39, 0.29) is 0 Å². The van der Waals surface area contributed by atoms with Crippen LogP contribution in [0.25, 0.3) is 0 Å². The minimum Gasteiger partial charge on any atom is -0.368 e. The molecule has 4 nitrogen and oxygen atoms in total. The molecule has 0 saturated heterocycles. The molecular formula is C13H14Cl2N4. The molecule has 0 aliphatic rings. The van der Waals surface area contributed by atoms with Crippen LogP contribution in [0.4, 0.5) is 5.82 Å². The minimum absolute atomic E-state index is 0.581. The molecule has 0 unspecified atom stereocenters. The zero-order chi connectivity index (χ0) is 13.7. The molecule has 0 amide bonds. The van der Waals surface area contributed by atoms with Crippen molar-refractivity contribution < 1.29 is 0 Å². The number of anilines is 1. The number of hydrogen-bond acceptors (Lipinski definition) is 4. The Morgan fingerprint density at radius 3 is 2.74 bits per heavy atom. The number of rotatable bonds is 5. The average molecular weight is 297 g/mol. The van der Waals surface area contributed by atoms with Gasteiger partial charge in [0.05, 0.1) is 16.4 Å². The highest BCUT2D eigenvalue weighted by Crippen LogP contribution is 2.22. The van der Waals surface area contributed by atoms with Gasteiger partial charge in [0.15, 0.2) is 0 Å². The smallest absolute Gasteiger partial charge is 0.148 e. The van der Waals surface area contributed by atoms with Crippen LogP contribution in [0, 0.1) is 0 Å². The Kier molecular flexibility index (Phi) is 4.93. The van der Waals surface area contributed by atoms with Gasteiger partial charge in [0.2, 0.25) is 0 Å². The number of pyridine rings is 1. The fourth-order valence-electron chi connectivity index (χ4n) is 1.68. The van der Waals surface area contributed by atoms with Crippen molar-refractivity contribution >= 4 is 29.0 Å². The van der Waals surface area contributed by atoms with Crippen LogP contribution in [-0.4, -0.2) is 21.5 Å². The van der Waals surface area contributed by atoms with Gasteiger partial charge in [0.25, 0.3) is 0 Å². The van der Waals surface area contributed by atoms with Crippen molar-refractivity contribution in [2.75, 3.05) is 11.9 Å². The van der Waals surface area contributed by atoms with Gasteiger partial charge in [-0.25, -0.2) is 9.97 Å². The molecule has 2 aromatic heterocycles. The first-order chi connectivity index (χ1) is 9.22. The number of nitrogens with one attached hydrogen (secondary N) is 1. The molecule has 0 aliphatic heterocycles. The Labute approximate surface area is 122 Å². The van der Waals surface area contributed by atoms with Crippen molar-refractivity contribution in [1.82, 2.24) is 15.0 Å². The first-order valence-corrected chi connectivity index (χ1v) is 6.80. The van der Waals surface area contributed by atoms with Crippen LogP contribution in [0.5, 0.6) is 0 Å². The SMILES string of the molecule is CCc1ncnc(NCCc2ncccc2Cl)c1Cl. The first kappa shape index (κ1) is 14.0. The van der Waals surface area contributed by atoms with E-state index < -0.39 is 0 Å². The number of aromatic nitrogens is 3. The fraction of sp³-hybridized carbons (Fsp3) is 0.308. The topological polar surface area (TPSA) is 50.7 Å². The van der Waals surface area contributed by atoms with Crippen LogP contribution in [0.15, 0.2) is 24.7 Å². The molecule has 6 heteroatoms. The van der Waals surface area contributed by atoms with Crippen molar-refractivity contribution in [3.63, 3.8) is 0 Å². The molecule has 1 N–H and O–H groups in total. The monoisotopic (exact) mass is 296 g/mol. The summed E-state index contributed by atoms with van der Waals surface area (Å²) in [6.45, 7) is 2.67. The van der Waals surface area contributed by atoms with Crippen LogP contribution >= 0.6 is 23.2 Å². The summed E-state index contributed by atoms with van der Waals surface area (Å²) in [6.07, 6.45) is 4.73. The van der Waals surface area contributed by atoms with Crippen LogP contribution in [0.1, 0.15) is 18.3 Å². The summed E-state index contributed by atoms with van der Waals surface area (Å²) in [6, 6.07) is 3.64. The second-order valence-corrected chi connectivity index (χ2v) is 4.73. The molecule has 0 aliphatic carbocycles. The van der Waals surface area contributed by atoms with E-state index in [1.807, 2.05) is 19.1 Å². The van der Waals surface area contributed by atoms with Gasteiger partial charge in [0, 0.05) is 19.2 Å². The van der Waals surface area contributed by atoms with E-state index in [9.17, 15) is 0 Å². The highest BCUT2D eigenvalue weighted by molar-refractivity contribution is 6.33. The summed E-state index contributed by atoms with van der Waals surface area (Å²) in [7, 11) is 0. The van der Waals surface area contributed by atoms with Gasteiger partial charge in [-0.2, -0.15) is 0 Å². The summed E-state index contributed by atoms with van der Waals surface area (Å²) >= 11 is 12.2. The number of aryl methyl sites for hydroxylation is 1. The first-order valence-electron chi connectivity index (χ1n) is 6.05. The van der Waals surface area contributed by atoms with E-state index in [1.54, 1.807) is 6.20 Å². The van der Waals surface area contributed by atoms with Crippen LogP contribution < -0.4 is 5.32 Å². The number of hydrogen-bond donors (Lipinski definition) is 1. The summed E-state index contributed by atoms with van der Waals surface area (Å²) in [5.74, 6) is 0.653. The maximum Gasteiger partial charge on any atom is 0.148 e. The summed E-state index contributed by atoms with van der Waals surface area (Å²) in [5, 5.41) is 4.44. The Balaban J connectivity index is 1.98. The van der Waals surface area contributed by atoms with Crippen LogP contribution in [0.3, 0.4) is 0 Å². The second-order valence-electron chi connectivity index (χ2n) is 3.95. The van der Waals surface area contributed by atoms with Gasteiger partial charge in [0.1, 0.15) is 17.2 Å². The van der Waals surface area contributed by atoms with Crippen molar-refractivity contribution in [2.45, 2.75) is 19.8 Å². The van der Waals surface area contributed by atoms with Crippen molar-refractivity contribution in [2.24, 2.45) is 0 Å². The number of nitrogens with zero attached hydrogens (tertiary/aromatic N) is 3. The molecule has 100 valence electrons. The van der Waals surface area contributed by atoms with Gasteiger partial charge in [-0.15, -0.1) is 0 Å². The molecular weight excluding hydrogens is 283 g/mol. The van der Waals surface area contributed by atoms with E-state index in [0.29, 0.717) is 28.8 Å². The third kappa shape index (κ3) is 3.55. The predicted octanol–water partition coefficient (Wildman–Crippen LogP) is 3.40. The third-order valence-electron chi connectivity index (χ3n) is 2.69. The van der Waals surface area contributed by atoms with Crippen LogP contribution in [-0.2, 0) is 12.8 Å². The standard InChI is InChI=1S/C13H14Cl2N4/c1-2-10-12(15)13(19-8-18-10)17-7-5-11-9(14)4-3-6-16-11/h3-4,6,8H,2,5,7H2,1H3,(H,17,18,19). The predicted molar refractivity (Wildman–Crippen MR) is 77.9 cm³/mol. The molecule has 2 heterocycles. The van der Waals surface area contributed by atoms with Gasteiger partial charge in [-0.1, -0.05) is 30.1 Å². The maximum absolute atomic E-state index is 6.19. The molecule has 2 rings (SSSR count). The summed E-state index contributed by atoms with van der Waals surface area (Å²) in [5.41, 5.74) is 1.70. The zero-order valence-corrected chi connectivity index (χ0v) is 12.0. The largest absolute Gasteiger partial charge is 0.368 e. The van der Waals surface area contributed by atoms with Crippen molar-refractivity contribution in [3.8, 4) is 0 Å². The highest BCUT2D eigenvalue weighted by Gasteiger charge is 2.07. The average Bonchev–Trinajstić information content (AvgIpc) is 2.43. The van der Waals surface area contributed by atoms with Gasteiger partial charge in [-0.3, -0.25) is 4.98 Å². The third-order valence-corrected chi connectivity index (χ3v) is 3.43. The normalized spacial score (nSPS) is 10.5. The fourth-order valence-corrected chi connectivity index (χ4v) is 2.19. The van der Waals surface area contributed by atoms with E-state index in [0.717, 1.165) is 17.8 Å². The van der Waals surface area contributed by atoms with Gasteiger partial charge >= 0.3 is 0 Å². The molecule has 2 aromatic rings. The Morgan fingerprint density at radius 1 is 1.16 bits per heavy atom. The lowest BCUT2D eigenvalue weighted by Crippen LogP contribution is -2.09. The Morgan fingerprint density at radius 2 is 2.00 bits per heavy atom. The molecule has 0 aromatic carbocycles. The lowest BCUT2D eigenvalue weighted by molar-refractivity contribution is 0.940. The zero-order valence-electron chi connectivity index (χ0n) is 10.5. The maximum atomic E-state index is 6.19. The van der Waals surface area contributed by atoms with Crippen molar-refractivity contribution in [3.05, 3.63) is 46.1 Å². The van der Waals surface area contributed by atoms with E-state index >= 15 is 0 Å². The highest BCUT2D eigenvalue weighted by atomic mass is 35.5. The molecule has 0 atom stereocenters. The molecule has 0 saturated carbocycles. The lowest BCUT2D eigenvalue weighted by atomic mass is 10.2. The quantitative estimate of drug-likeness (QED) is 0.919. The summed E-state index contributed by atoms with van der Waals surface area (Å²) < 4.78 is 0. The van der Waals surface area contributed by atoms with Crippen molar-refractivity contribution in [1.29, 1.82) is 0 Å². The molecule has 19 heavy (non-hydrogen) atoms. The number of halogens is 2. The summed E-state index contributed by atoms with van der Waals surface area (Å²) in [4.78, 5) is 12.5. The molecule has 0 fully saturated rings. The molecule has 0 bridgehead atoms. The Hall–Kier alpha value is -1.39. The van der Waals surface area contributed by atoms with E-state index in [2.05, 4.69) is 20.3 Å². The minimum atomic E-state index is 0.581. The van der Waals surface area contributed by atoms with Crippen LogP contribution in [0.2, 0.25) is 10.0 Å². The van der Waals surface area contributed by atoms with Gasteiger partial charge in [-0.05, 0) is 18.6 Å².